The maximum atomic E-state index is 12.8. The van der Waals surface area contributed by atoms with Crippen LogP contribution in [0.15, 0.2) is 18.2 Å². The van der Waals surface area contributed by atoms with Crippen LogP contribution in [0.5, 0.6) is 0 Å². The summed E-state index contributed by atoms with van der Waals surface area (Å²) in [5.41, 5.74) is 2.66. The van der Waals surface area contributed by atoms with Crippen molar-refractivity contribution in [2.45, 2.75) is 27.2 Å². The number of nitrogens with zero attached hydrogens (tertiary/aromatic N) is 4. The highest BCUT2D eigenvalue weighted by Gasteiger charge is 2.23. The number of anilines is 1. The quantitative estimate of drug-likeness (QED) is 0.772. The van der Waals surface area contributed by atoms with Crippen LogP contribution in [-0.2, 0) is 0 Å². The molecule has 0 spiro atoms. The molecule has 2 heterocycles. The number of rotatable bonds is 2. The maximum absolute atomic E-state index is 12.8. The molecule has 1 aromatic carbocycles. The molecule has 1 aliphatic heterocycles. The Kier molecular flexibility index (Phi) is 5.68. The first-order chi connectivity index (χ1) is 12.4. The van der Waals surface area contributed by atoms with Gasteiger partial charge in [0, 0.05) is 43.0 Å². The van der Waals surface area contributed by atoms with E-state index >= 15 is 0 Å². The SMILES string of the molecule is Cc1nc(C)c(C)c(N2CCCN(C(=O)c3ccc(Cl)c(Cl)c3)CC2)n1. The van der Waals surface area contributed by atoms with Crippen LogP contribution in [0.4, 0.5) is 5.82 Å². The Morgan fingerprint density at radius 1 is 1.00 bits per heavy atom. The van der Waals surface area contributed by atoms with E-state index < -0.39 is 0 Å². The number of aromatic nitrogens is 2. The van der Waals surface area contributed by atoms with Gasteiger partial charge in [0.2, 0.25) is 0 Å². The minimum atomic E-state index is -0.0165. The van der Waals surface area contributed by atoms with Crippen LogP contribution in [-0.4, -0.2) is 47.0 Å². The lowest BCUT2D eigenvalue weighted by Gasteiger charge is -2.25. The van der Waals surface area contributed by atoms with Crippen molar-refractivity contribution >= 4 is 34.9 Å². The molecule has 138 valence electrons. The van der Waals surface area contributed by atoms with Crippen LogP contribution >= 0.6 is 23.2 Å². The molecule has 1 aliphatic rings. The molecule has 1 fully saturated rings. The number of hydrogen-bond donors (Lipinski definition) is 0. The lowest BCUT2D eigenvalue weighted by molar-refractivity contribution is 0.0767. The minimum absolute atomic E-state index is 0.0165. The summed E-state index contributed by atoms with van der Waals surface area (Å²) < 4.78 is 0. The van der Waals surface area contributed by atoms with Gasteiger partial charge in [-0.3, -0.25) is 4.79 Å². The second-order valence-corrected chi connectivity index (χ2v) is 7.38. The molecule has 0 aliphatic carbocycles. The summed E-state index contributed by atoms with van der Waals surface area (Å²) in [4.78, 5) is 26.0. The Morgan fingerprint density at radius 3 is 2.50 bits per heavy atom. The Hall–Kier alpha value is -1.85. The molecule has 26 heavy (non-hydrogen) atoms. The van der Waals surface area contributed by atoms with Crippen molar-refractivity contribution in [2.75, 3.05) is 31.1 Å². The van der Waals surface area contributed by atoms with Gasteiger partial charge >= 0.3 is 0 Å². The minimum Gasteiger partial charge on any atom is -0.354 e. The number of benzene rings is 1. The van der Waals surface area contributed by atoms with E-state index in [9.17, 15) is 4.79 Å². The Balaban J connectivity index is 1.76. The molecule has 0 N–H and O–H groups in total. The summed E-state index contributed by atoms with van der Waals surface area (Å²) in [6.07, 6.45) is 0.884. The van der Waals surface area contributed by atoms with Gasteiger partial charge in [0.1, 0.15) is 11.6 Å². The second kappa shape index (κ2) is 7.80. The van der Waals surface area contributed by atoms with Gasteiger partial charge in [-0.1, -0.05) is 23.2 Å². The van der Waals surface area contributed by atoms with Gasteiger partial charge in [-0.2, -0.15) is 0 Å². The molecule has 0 unspecified atom stereocenters. The van der Waals surface area contributed by atoms with Gasteiger partial charge in [-0.15, -0.1) is 0 Å². The molecule has 3 rings (SSSR count). The van der Waals surface area contributed by atoms with Gasteiger partial charge in [-0.05, 0) is 45.4 Å². The largest absolute Gasteiger partial charge is 0.354 e. The third-order valence-electron chi connectivity index (χ3n) is 4.72. The van der Waals surface area contributed by atoms with E-state index in [0.717, 1.165) is 42.4 Å². The van der Waals surface area contributed by atoms with Crippen molar-refractivity contribution in [3.63, 3.8) is 0 Å². The van der Waals surface area contributed by atoms with Crippen LogP contribution in [0, 0.1) is 20.8 Å². The Bertz CT molecular complexity index is 841. The van der Waals surface area contributed by atoms with E-state index in [0.29, 0.717) is 28.7 Å². The van der Waals surface area contributed by atoms with Crippen molar-refractivity contribution < 1.29 is 4.79 Å². The summed E-state index contributed by atoms with van der Waals surface area (Å²) in [5, 5.41) is 0.853. The smallest absolute Gasteiger partial charge is 0.253 e. The third kappa shape index (κ3) is 3.94. The number of hydrogen-bond acceptors (Lipinski definition) is 4. The average molecular weight is 393 g/mol. The molecule has 0 atom stereocenters. The molecule has 2 aromatic rings. The zero-order valence-corrected chi connectivity index (χ0v) is 16.7. The first-order valence-electron chi connectivity index (χ1n) is 8.68. The number of halogens is 2. The number of aryl methyl sites for hydroxylation is 2. The summed E-state index contributed by atoms with van der Waals surface area (Å²) >= 11 is 12.0. The zero-order chi connectivity index (χ0) is 18.8. The average Bonchev–Trinajstić information content (AvgIpc) is 2.86. The fourth-order valence-corrected chi connectivity index (χ4v) is 3.50. The predicted molar refractivity (Wildman–Crippen MR) is 105 cm³/mol. The van der Waals surface area contributed by atoms with Crippen LogP contribution in [0.2, 0.25) is 10.0 Å². The molecule has 1 aromatic heterocycles. The Labute approximate surface area is 163 Å². The maximum Gasteiger partial charge on any atom is 0.253 e. The van der Waals surface area contributed by atoms with Gasteiger partial charge in [0.15, 0.2) is 0 Å². The molecular formula is C19H22Cl2N4O. The van der Waals surface area contributed by atoms with E-state index in [1.165, 1.54) is 0 Å². The molecule has 5 nitrogen and oxygen atoms in total. The molecule has 0 bridgehead atoms. The molecule has 7 heteroatoms. The van der Waals surface area contributed by atoms with Crippen LogP contribution in [0.1, 0.15) is 33.9 Å². The summed E-state index contributed by atoms with van der Waals surface area (Å²) in [7, 11) is 0. The lowest BCUT2D eigenvalue weighted by Crippen LogP contribution is -2.35. The van der Waals surface area contributed by atoms with Crippen molar-refractivity contribution in [3.05, 3.63) is 50.9 Å². The standard InChI is InChI=1S/C19H22Cl2N4O/c1-12-13(2)22-14(3)23-18(12)24-7-4-8-25(10-9-24)19(26)15-5-6-16(20)17(21)11-15/h5-6,11H,4,7-10H2,1-3H3. The van der Waals surface area contributed by atoms with Gasteiger partial charge < -0.3 is 9.80 Å². The molecule has 1 saturated heterocycles. The topological polar surface area (TPSA) is 49.3 Å². The highest BCUT2D eigenvalue weighted by molar-refractivity contribution is 6.42. The highest BCUT2D eigenvalue weighted by atomic mass is 35.5. The van der Waals surface area contributed by atoms with Crippen molar-refractivity contribution in [2.24, 2.45) is 0 Å². The van der Waals surface area contributed by atoms with Gasteiger partial charge in [0.25, 0.3) is 5.91 Å². The van der Waals surface area contributed by atoms with E-state index in [2.05, 4.69) is 14.9 Å². The van der Waals surface area contributed by atoms with Crippen LogP contribution < -0.4 is 4.90 Å². The van der Waals surface area contributed by atoms with E-state index in [-0.39, 0.29) is 5.91 Å². The van der Waals surface area contributed by atoms with Gasteiger partial charge in [0.05, 0.1) is 10.0 Å². The summed E-state index contributed by atoms with van der Waals surface area (Å²) in [5.74, 6) is 1.73. The monoisotopic (exact) mass is 392 g/mol. The molecular weight excluding hydrogens is 371 g/mol. The number of amides is 1. The van der Waals surface area contributed by atoms with Crippen molar-refractivity contribution in [3.8, 4) is 0 Å². The van der Waals surface area contributed by atoms with E-state index in [4.69, 9.17) is 23.2 Å². The fraction of sp³-hybridized carbons (Fsp3) is 0.421. The predicted octanol–water partition coefficient (Wildman–Crippen LogP) is 4.06. The highest BCUT2D eigenvalue weighted by Crippen LogP contribution is 2.24. The second-order valence-electron chi connectivity index (χ2n) is 6.57. The van der Waals surface area contributed by atoms with Crippen molar-refractivity contribution in [1.82, 2.24) is 14.9 Å². The summed E-state index contributed by atoms with van der Waals surface area (Å²) in [6, 6.07) is 5.02. The first-order valence-corrected chi connectivity index (χ1v) is 9.43. The van der Waals surface area contributed by atoms with E-state index in [1.807, 2.05) is 25.7 Å². The lowest BCUT2D eigenvalue weighted by atomic mass is 10.2. The Morgan fingerprint density at radius 2 is 1.77 bits per heavy atom. The van der Waals surface area contributed by atoms with Crippen molar-refractivity contribution in [1.29, 1.82) is 0 Å². The molecule has 1 amide bonds. The van der Waals surface area contributed by atoms with Gasteiger partial charge in [-0.25, -0.2) is 9.97 Å². The molecule has 0 saturated carbocycles. The molecule has 0 radical (unpaired) electrons. The first kappa shape index (κ1) is 18.9. The normalized spacial score (nSPS) is 15.1. The fourth-order valence-electron chi connectivity index (χ4n) is 3.20. The van der Waals surface area contributed by atoms with Crippen LogP contribution in [0.25, 0.3) is 0 Å². The summed E-state index contributed by atoms with van der Waals surface area (Å²) in [6.45, 7) is 8.91. The number of carbonyl (C=O) groups is 1. The van der Waals surface area contributed by atoms with E-state index in [1.54, 1.807) is 18.2 Å². The third-order valence-corrected chi connectivity index (χ3v) is 5.46. The zero-order valence-electron chi connectivity index (χ0n) is 15.2. The number of carbonyl (C=O) groups excluding carboxylic acids is 1. The van der Waals surface area contributed by atoms with Crippen LogP contribution in [0.3, 0.4) is 0 Å².